The molecule has 0 aromatic carbocycles. The summed E-state index contributed by atoms with van der Waals surface area (Å²) in [5.74, 6) is -1.27. The highest BCUT2D eigenvalue weighted by atomic mass is 28.3. The van der Waals surface area contributed by atoms with Gasteiger partial charge in [-0.05, 0) is 41.5 Å². The summed E-state index contributed by atoms with van der Waals surface area (Å²) in [7, 11) is -1.63. The van der Waals surface area contributed by atoms with Gasteiger partial charge in [-0.1, -0.05) is 0 Å². The molecule has 0 saturated heterocycles. The maximum absolute atomic E-state index is 6.12. The minimum Gasteiger partial charge on any atom is -0.395 e. The number of ether oxygens (including phenoxy) is 4. The second-order valence-electron chi connectivity index (χ2n) is 4.64. The van der Waals surface area contributed by atoms with Gasteiger partial charge in [-0.3, -0.25) is 0 Å². The SMILES string of the molecule is CCO[SiH](OCC)C([SiH3])(OCC)C(OCC)(OCC)OCC. The Balaban J connectivity index is 5.80. The number of hydrogen-bond acceptors (Lipinski definition) is 6. The van der Waals surface area contributed by atoms with Crippen LogP contribution in [0, 0.1) is 0 Å². The van der Waals surface area contributed by atoms with Crippen LogP contribution in [0.4, 0.5) is 0 Å². The molecule has 1 atom stereocenters. The smallest absolute Gasteiger partial charge is 0.358 e. The van der Waals surface area contributed by atoms with E-state index in [1.54, 1.807) is 0 Å². The van der Waals surface area contributed by atoms with E-state index in [0.29, 0.717) is 49.9 Å². The molecule has 0 amide bonds. The minimum atomic E-state index is -2.24. The van der Waals surface area contributed by atoms with Crippen molar-refractivity contribution in [2.24, 2.45) is 0 Å². The van der Waals surface area contributed by atoms with E-state index in [9.17, 15) is 0 Å². The van der Waals surface area contributed by atoms with Crippen molar-refractivity contribution >= 4 is 19.5 Å². The third-order valence-corrected chi connectivity index (χ3v) is 8.15. The van der Waals surface area contributed by atoms with Gasteiger partial charge in [-0.25, -0.2) is 0 Å². The van der Waals surface area contributed by atoms with Gasteiger partial charge in [0, 0.05) is 39.6 Å². The van der Waals surface area contributed by atoms with E-state index in [-0.39, 0.29) is 0 Å². The molecule has 0 radical (unpaired) electrons. The van der Waals surface area contributed by atoms with Gasteiger partial charge in [0.1, 0.15) is 0 Å². The fraction of sp³-hybridized carbons (Fsp3) is 1.00. The van der Waals surface area contributed by atoms with Crippen LogP contribution in [0.15, 0.2) is 0 Å². The van der Waals surface area contributed by atoms with Crippen LogP contribution in [0.25, 0.3) is 0 Å². The maximum Gasteiger partial charge on any atom is 0.358 e. The predicted molar refractivity (Wildman–Crippen MR) is 92.3 cm³/mol. The predicted octanol–water partition coefficient (Wildman–Crippen LogP) is 0.681. The standard InChI is InChI=1S/C14H34O6Si2/c1-7-15-13(16-8-2,17-9-3)14(21,18-10-4)22(19-11-5)20-12-6/h22H,7-12H2,1-6,21H3. The van der Waals surface area contributed by atoms with Crippen molar-refractivity contribution in [1.29, 1.82) is 0 Å². The van der Waals surface area contributed by atoms with Crippen molar-refractivity contribution in [2.45, 2.75) is 52.4 Å². The van der Waals surface area contributed by atoms with E-state index < -0.39 is 20.1 Å². The van der Waals surface area contributed by atoms with Crippen LogP contribution in [0.5, 0.6) is 0 Å². The Morgan fingerprint density at radius 3 is 1.27 bits per heavy atom. The van der Waals surface area contributed by atoms with Gasteiger partial charge in [-0.15, -0.1) is 0 Å². The zero-order valence-electron chi connectivity index (χ0n) is 15.3. The molecule has 0 saturated carbocycles. The minimum absolute atomic E-state index is 0.455. The van der Waals surface area contributed by atoms with Crippen LogP contribution >= 0.6 is 0 Å². The molecule has 1 unspecified atom stereocenters. The summed E-state index contributed by atoms with van der Waals surface area (Å²) in [6, 6.07) is 0. The van der Waals surface area contributed by atoms with E-state index in [2.05, 4.69) is 0 Å². The molecule has 0 rings (SSSR count). The molecule has 0 aliphatic rings. The second-order valence-corrected chi connectivity index (χ2v) is 9.71. The van der Waals surface area contributed by atoms with Crippen molar-refractivity contribution < 1.29 is 27.8 Å². The van der Waals surface area contributed by atoms with E-state index in [0.717, 1.165) is 0 Å². The molecular formula is C14H34O6Si2. The Kier molecular flexibility index (Phi) is 11.8. The average molecular weight is 355 g/mol. The van der Waals surface area contributed by atoms with Crippen LogP contribution in [0.2, 0.25) is 0 Å². The van der Waals surface area contributed by atoms with Crippen molar-refractivity contribution in [1.82, 2.24) is 0 Å². The first kappa shape index (κ1) is 22.2. The van der Waals surface area contributed by atoms with Gasteiger partial charge in [0.25, 0.3) is 0 Å². The summed E-state index contributed by atoms with van der Waals surface area (Å²) < 4.78 is 35.8. The molecule has 0 spiro atoms. The molecule has 0 aliphatic carbocycles. The van der Waals surface area contributed by atoms with Crippen LogP contribution in [-0.2, 0) is 27.8 Å². The molecule has 22 heavy (non-hydrogen) atoms. The van der Waals surface area contributed by atoms with Gasteiger partial charge >= 0.3 is 15.3 Å². The third-order valence-electron chi connectivity index (χ3n) is 3.14. The average Bonchev–Trinajstić information content (AvgIpc) is 2.47. The zero-order valence-corrected chi connectivity index (χ0v) is 18.4. The quantitative estimate of drug-likeness (QED) is 0.338. The normalized spacial score (nSPS) is 15.4. The summed E-state index contributed by atoms with van der Waals surface area (Å²) in [4.78, 5) is -0.796. The van der Waals surface area contributed by atoms with Crippen LogP contribution in [0.1, 0.15) is 41.5 Å². The highest BCUT2D eigenvalue weighted by molar-refractivity contribution is 6.60. The summed E-state index contributed by atoms with van der Waals surface area (Å²) in [5.41, 5.74) is 0. The van der Waals surface area contributed by atoms with Gasteiger partial charge in [0.2, 0.25) is 0 Å². The zero-order chi connectivity index (χ0) is 17.1. The molecule has 0 heterocycles. The van der Waals surface area contributed by atoms with Gasteiger partial charge in [0.15, 0.2) is 4.85 Å². The topological polar surface area (TPSA) is 55.4 Å². The summed E-state index contributed by atoms with van der Waals surface area (Å²) >= 11 is 0. The lowest BCUT2D eigenvalue weighted by Crippen LogP contribution is -2.70. The molecule has 0 aromatic rings. The van der Waals surface area contributed by atoms with Crippen LogP contribution in [0.3, 0.4) is 0 Å². The Morgan fingerprint density at radius 1 is 0.636 bits per heavy atom. The summed E-state index contributed by atoms with van der Waals surface area (Å²) in [5, 5.41) is 0. The van der Waals surface area contributed by atoms with Crippen molar-refractivity contribution in [3.8, 4) is 0 Å². The van der Waals surface area contributed by atoms with E-state index in [4.69, 9.17) is 27.8 Å². The first-order valence-electron chi connectivity index (χ1n) is 8.30. The van der Waals surface area contributed by atoms with Crippen LogP contribution < -0.4 is 0 Å². The van der Waals surface area contributed by atoms with Gasteiger partial charge in [0.05, 0.1) is 10.2 Å². The molecule has 8 heteroatoms. The maximum atomic E-state index is 6.12. The summed E-state index contributed by atoms with van der Waals surface area (Å²) in [6.45, 7) is 14.6. The Bertz CT molecular complexity index is 259. The Morgan fingerprint density at radius 2 is 1.00 bits per heavy atom. The van der Waals surface area contributed by atoms with Crippen molar-refractivity contribution in [2.75, 3.05) is 39.6 Å². The molecule has 6 nitrogen and oxygen atoms in total. The molecule has 0 aromatic heterocycles. The van der Waals surface area contributed by atoms with Gasteiger partial charge in [-0.2, -0.15) is 0 Å². The monoisotopic (exact) mass is 354 g/mol. The molecule has 0 bridgehead atoms. The third kappa shape index (κ3) is 5.38. The fourth-order valence-corrected chi connectivity index (χ4v) is 6.30. The van der Waals surface area contributed by atoms with E-state index in [1.165, 1.54) is 0 Å². The first-order chi connectivity index (χ1) is 10.5. The van der Waals surface area contributed by atoms with Crippen molar-refractivity contribution in [3.63, 3.8) is 0 Å². The first-order valence-corrected chi connectivity index (χ1v) is 10.8. The lowest BCUT2D eigenvalue weighted by atomic mass is 10.5. The van der Waals surface area contributed by atoms with E-state index in [1.807, 2.05) is 41.5 Å². The molecule has 134 valence electrons. The molecular weight excluding hydrogens is 320 g/mol. The van der Waals surface area contributed by atoms with Crippen LogP contribution in [-0.4, -0.2) is 70.0 Å². The molecule has 0 fully saturated rings. The highest BCUT2D eigenvalue weighted by Gasteiger charge is 2.60. The number of hydrogen-bond donors (Lipinski definition) is 0. The van der Waals surface area contributed by atoms with E-state index >= 15 is 0 Å². The summed E-state index contributed by atoms with van der Waals surface area (Å²) in [6.07, 6.45) is 0. The second kappa shape index (κ2) is 11.7. The Hall–Kier alpha value is 0.194. The van der Waals surface area contributed by atoms with Gasteiger partial charge < -0.3 is 27.8 Å². The largest absolute Gasteiger partial charge is 0.395 e. The lowest BCUT2D eigenvalue weighted by molar-refractivity contribution is -0.414. The fourth-order valence-electron chi connectivity index (χ4n) is 2.39. The lowest BCUT2D eigenvalue weighted by Gasteiger charge is -2.47. The highest BCUT2D eigenvalue weighted by Crippen LogP contribution is 2.34. The number of rotatable bonds is 14. The molecule has 0 aliphatic heterocycles. The molecule has 0 N–H and O–H groups in total. The Labute approximate surface area is 140 Å². The van der Waals surface area contributed by atoms with Crippen molar-refractivity contribution in [3.05, 3.63) is 0 Å².